The number of ether oxygens (including phenoxy) is 2. The molecule has 0 aromatic heterocycles. The van der Waals surface area contributed by atoms with Crippen LogP contribution in [0.15, 0.2) is 29.3 Å². The third-order valence-electron chi connectivity index (χ3n) is 4.20. The van der Waals surface area contributed by atoms with Crippen LogP contribution in [-0.4, -0.2) is 13.2 Å². The third kappa shape index (κ3) is 2.54. The lowest BCUT2D eigenvalue weighted by Crippen LogP contribution is -2.19. The lowest BCUT2D eigenvalue weighted by atomic mass is 10.1. The molecule has 4 nitrogen and oxygen atoms in total. The topological polar surface area (TPSA) is 42.8 Å². The van der Waals surface area contributed by atoms with Crippen molar-refractivity contribution in [1.29, 1.82) is 0 Å². The molecule has 2 aliphatic rings. The van der Waals surface area contributed by atoms with E-state index in [9.17, 15) is 0 Å². The zero-order chi connectivity index (χ0) is 15.8. The van der Waals surface area contributed by atoms with Crippen molar-refractivity contribution in [2.24, 2.45) is 4.99 Å². The van der Waals surface area contributed by atoms with E-state index in [1.54, 1.807) is 0 Å². The highest BCUT2D eigenvalue weighted by molar-refractivity contribution is 5.71. The van der Waals surface area contributed by atoms with Crippen LogP contribution in [-0.2, 0) is 0 Å². The molecule has 0 bridgehead atoms. The Morgan fingerprint density at radius 3 is 2.96 bits per heavy atom. The van der Waals surface area contributed by atoms with Gasteiger partial charge in [-0.3, -0.25) is 0 Å². The molecule has 0 spiro atoms. The summed E-state index contributed by atoms with van der Waals surface area (Å²) in [5.74, 6) is 2.44. The van der Waals surface area contributed by atoms with Crippen molar-refractivity contribution in [3.8, 4) is 17.2 Å². The predicted octanol–water partition coefficient (Wildman–Crippen LogP) is 3.44. The van der Waals surface area contributed by atoms with E-state index in [2.05, 4.69) is 37.4 Å². The van der Waals surface area contributed by atoms with E-state index in [1.165, 1.54) is 10.8 Å². The molecule has 1 N–H and O–H groups in total. The Bertz CT molecular complexity index is 887. The molecule has 2 aromatic carbocycles. The van der Waals surface area contributed by atoms with Crippen molar-refractivity contribution in [2.45, 2.75) is 26.7 Å². The number of benzene rings is 2. The van der Waals surface area contributed by atoms with Gasteiger partial charge in [-0.2, -0.15) is 0 Å². The van der Waals surface area contributed by atoms with Crippen LogP contribution in [0, 0.1) is 6.92 Å². The highest BCUT2D eigenvalue weighted by Gasteiger charge is 2.19. The van der Waals surface area contributed by atoms with E-state index in [0.29, 0.717) is 6.61 Å². The number of hydrogen-bond donors (Lipinski definition) is 1. The molecule has 0 fully saturated rings. The number of fused-ring (bicyclic) bond motifs is 3. The number of nitrogens with one attached hydrogen (secondary N) is 1. The van der Waals surface area contributed by atoms with Gasteiger partial charge in [0.2, 0.25) is 0 Å². The van der Waals surface area contributed by atoms with Gasteiger partial charge in [0.1, 0.15) is 23.4 Å². The summed E-state index contributed by atoms with van der Waals surface area (Å²) in [6.07, 6.45) is 4.47. The minimum absolute atomic E-state index is 0.680. The molecule has 0 amide bonds. The normalized spacial score (nSPS) is 15.3. The van der Waals surface area contributed by atoms with Gasteiger partial charge in [0.15, 0.2) is 11.5 Å². The fraction of sp³-hybridized carbons (Fsp3) is 0.316. The smallest absolute Gasteiger partial charge is 0.155 e. The highest BCUT2D eigenvalue weighted by Crippen LogP contribution is 2.42. The van der Waals surface area contributed by atoms with E-state index in [1.807, 2.05) is 12.1 Å². The number of hydrogen-bond acceptors (Lipinski definition) is 4. The van der Waals surface area contributed by atoms with Crippen LogP contribution >= 0.6 is 0 Å². The molecule has 0 radical (unpaired) electrons. The second-order valence-electron chi connectivity index (χ2n) is 5.97. The van der Waals surface area contributed by atoms with Crippen LogP contribution in [0.3, 0.4) is 0 Å². The Kier molecular flexibility index (Phi) is 3.45. The Morgan fingerprint density at radius 2 is 2.09 bits per heavy atom. The predicted molar refractivity (Wildman–Crippen MR) is 91.5 cm³/mol. The Hall–Kier alpha value is -2.49. The van der Waals surface area contributed by atoms with Gasteiger partial charge in [0, 0.05) is 18.7 Å². The molecule has 0 atom stereocenters. The maximum Gasteiger partial charge on any atom is 0.155 e. The van der Waals surface area contributed by atoms with Gasteiger partial charge in [-0.25, -0.2) is 4.99 Å². The Labute approximate surface area is 135 Å². The van der Waals surface area contributed by atoms with Crippen molar-refractivity contribution in [1.82, 2.24) is 0 Å². The van der Waals surface area contributed by atoms with E-state index in [0.717, 1.165) is 53.4 Å². The van der Waals surface area contributed by atoms with Gasteiger partial charge >= 0.3 is 0 Å². The summed E-state index contributed by atoms with van der Waals surface area (Å²) in [5.41, 5.74) is 3.02. The number of nitrogens with zero attached hydrogens (tertiary/aromatic N) is 1. The van der Waals surface area contributed by atoms with Crippen LogP contribution < -0.4 is 25.4 Å². The molecule has 4 heteroatoms. The number of unbranched alkanes of at least 4 members (excludes halogenated alkanes) is 1. The minimum atomic E-state index is 0.680. The van der Waals surface area contributed by atoms with Crippen molar-refractivity contribution < 1.29 is 9.47 Å². The van der Waals surface area contributed by atoms with Crippen LogP contribution in [0.2, 0.25) is 0 Å². The zero-order valence-corrected chi connectivity index (χ0v) is 13.5. The highest BCUT2D eigenvalue weighted by atomic mass is 16.5. The second kappa shape index (κ2) is 5.61. The van der Waals surface area contributed by atoms with Gasteiger partial charge in [-0.15, -0.1) is 0 Å². The first-order valence-electron chi connectivity index (χ1n) is 8.17. The van der Waals surface area contributed by atoms with Gasteiger partial charge in [0.05, 0.1) is 5.69 Å². The van der Waals surface area contributed by atoms with Crippen LogP contribution in [0.25, 0.3) is 6.08 Å². The summed E-state index contributed by atoms with van der Waals surface area (Å²) >= 11 is 0. The fourth-order valence-corrected chi connectivity index (χ4v) is 2.95. The SMILES string of the molecule is CCC/C=c1/cc2c(cc1C)=Nc1cc3c(cc1O2)NCCO3. The number of aryl methyl sites for hydroxylation is 1. The molecule has 0 aliphatic carbocycles. The van der Waals surface area contributed by atoms with Crippen LogP contribution in [0.4, 0.5) is 11.4 Å². The number of anilines is 1. The van der Waals surface area contributed by atoms with Crippen LogP contribution in [0.5, 0.6) is 17.2 Å². The molecule has 4 rings (SSSR count). The first-order chi connectivity index (χ1) is 11.2. The average molecular weight is 308 g/mol. The molecule has 118 valence electrons. The second-order valence-corrected chi connectivity index (χ2v) is 5.97. The summed E-state index contributed by atoms with van der Waals surface area (Å²) in [6.45, 7) is 5.80. The van der Waals surface area contributed by atoms with Gasteiger partial charge < -0.3 is 14.8 Å². The molecule has 2 heterocycles. The summed E-state index contributed by atoms with van der Waals surface area (Å²) < 4.78 is 11.8. The van der Waals surface area contributed by atoms with Crippen molar-refractivity contribution >= 4 is 17.5 Å². The lowest BCUT2D eigenvalue weighted by molar-refractivity contribution is 0.322. The number of rotatable bonds is 2. The maximum absolute atomic E-state index is 6.11. The maximum atomic E-state index is 6.11. The van der Waals surface area contributed by atoms with E-state index < -0.39 is 0 Å². The monoisotopic (exact) mass is 308 g/mol. The summed E-state index contributed by atoms with van der Waals surface area (Å²) in [4.78, 5) is 4.75. The van der Waals surface area contributed by atoms with Crippen molar-refractivity contribution in [2.75, 3.05) is 18.5 Å². The van der Waals surface area contributed by atoms with Gasteiger partial charge in [0.25, 0.3) is 0 Å². The zero-order valence-electron chi connectivity index (χ0n) is 13.5. The minimum Gasteiger partial charge on any atom is -0.490 e. The molecule has 0 saturated carbocycles. The van der Waals surface area contributed by atoms with E-state index in [4.69, 9.17) is 14.5 Å². The molecule has 2 aliphatic heterocycles. The summed E-state index contributed by atoms with van der Waals surface area (Å²) in [7, 11) is 0. The van der Waals surface area contributed by atoms with Crippen molar-refractivity contribution in [3.05, 3.63) is 40.4 Å². The first kappa shape index (κ1) is 14.1. The molecular formula is C19H20N2O2. The third-order valence-corrected chi connectivity index (χ3v) is 4.20. The summed E-state index contributed by atoms with van der Waals surface area (Å²) in [6, 6.07) is 8.12. The Morgan fingerprint density at radius 1 is 1.17 bits per heavy atom. The molecule has 0 unspecified atom stereocenters. The summed E-state index contributed by atoms with van der Waals surface area (Å²) in [5, 5.41) is 5.44. The van der Waals surface area contributed by atoms with Gasteiger partial charge in [-0.1, -0.05) is 19.4 Å². The largest absolute Gasteiger partial charge is 0.490 e. The first-order valence-corrected chi connectivity index (χ1v) is 8.17. The lowest BCUT2D eigenvalue weighted by Gasteiger charge is -2.22. The van der Waals surface area contributed by atoms with E-state index in [-0.39, 0.29) is 0 Å². The average Bonchev–Trinajstić information content (AvgIpc) is 2.56. The Balaban J connectivity index is 1.84. The molecule has 23 heavy (non-hydrogen) atoms. The van der Waals surface area contributed by atoms with Crippen molar-refractivity contribution in [3.63, 3.8) is 0 Å². The fourth-order valence-electron chi connectivity index (χ4n) is 2.95. The van der Waals surface area contributed by atoms with E-state index >= 15 is 0 Å². The van der Waals surface area contributed by atoms with Gasteiger partial charge in [-0.05, 0) is 36.3 Å². The molecule has 2 aromatic rings. The molecular weight excluding hydrogens is 288 g/mol. The molecule has 0 saturated heterocycles. The van der Waals surface area contributed by atoms with Crippen LogP contribution in [0.1, 0.15) is 25.3 Å². The quantitative estimate of drug-likeness (QED) is 0.788. The standard InChI is InChI=1S/C19H20N2O2/c1-3-4-5-13-9-18-15(8-12(13)2)21-16-11-17-14(10-19(16)23-18)20-6-7-22-17/h5,8-11,20H,3-4,6-7H2,1-2H3/b13-5-.